The summed E-state index contributed by atoms with van der Waals surface area (Å²) in [6.07, 6.45) is 1.99. The van der Waals surface area contributed by atoms with E-state index in [9.17, 15) is 13.2 Å². The van der Waals surface area contributed by atoms with E-state index in [0.29, 0.717) is 5.56 Å². The van der Waals surface area contributed by atoms with Crippen molar-refractivity contribution in [3.05, 3.63) is 29.3 Å². The first-order valence-corrected chi connectivity index (χ1v) is 9.64. The Morgan fingerprint density at radius 1 is 1.13 bits per heavy atom. The van der Waals surface area contributed by atoms with Crippen LogP contribution in [0.1, 0.15) is 44.2 Å². The lowest BCUT2D eigenvalue weighted by molar-refractivity contribution is -0.131. The summed E-state index contributed by atoms with van der Waals surface area (Å²) in [6, 6.07) is 5.32. The third-order valence-corrected chi connectivity index (χ3v) is 5.21. The molecule has 23 heavy (non-hydrogen) atoms. The van der Waals surface area contributed by atoms with Crippen molar-refractivity contribution < 1.29 is 13.2 Å². The second kappa shape index (κ2) is 9.03. The number of nitrogens with one attached hydrogen (secondary N) is 1. The maximum absolute atomic E-state index is 12.4. The lowest BCUT2D eigenvalue weighted by atomic mass is 10.2. The predicted molar refractivity (Wildman–Crippen MR) is 92.9 cm³/mol. The number of hydrogen-bond acceptors (Lipinski definition) is 3. The highest BCUT2D eigenvalue weighted by Gasteiger charge is 2.18. The Bertz CT molecular complexity index is 621. The normalized spacial score (nSPS) is 11.5. The number of carbonyl (C=O) groups excluding carboxylic acids is 1. The van der Waals surface area contributed by atoms with Crippen LogP contribution in [0.4, 0.5) is 0 Å². The van der Waals surface area contributed by atoms with Crippen LogP contribution in [-0.4, -0.2) is 38.9 Å². The zero-order valence-electron chi connectivity index (χ0n) is 14.6. The number of sulfonamides is 1. The third kappa shape index (κ3) is 5.95. The van der Waals surface area contributed by atoms with Gasteiger partial charge in [0.25, 0.3) is 0 Å². The molecule has 1 aromatic carbocycles. The molecular weight excluding hydrogens is 312 g/mol. The van der Waals surface area contributed by atoms with Crippen molar-refractivity contribution in [2.45, 2.75) is 51.9 Å². The van der Waals surface area contributed by atoms with Crippen LogP contribution in [0.2, 0.25) is 0 Å². The Morgan fingerprint density at radius 3 is 2.30 bits per heavy atom. The van der Waals surface area contributed by atoms with E-state index in [1.54, 1.807) is 24.0 Å². The van der Waals surface area contributed by atoms with Crippen LogP contribution in [0.3, 0.4) is 0 Å². The van der Waals surface area contributed by atoms with E-state index in [1.807, 2.05) is 26.8 Å². The number of hydrogen-bond donors (Lipinski definition) is 1. The maximum Gasteiger partial charge on any atom is 0.240 e. The topological polar surface area (TPSA) is 66.5 Å². The second-order valence-corrected chi connectivity index (χ2v) is 7.53. The number of nitrogens with zero attached hydrogens (tertiary/aromatic N) is 1. The van der Waals surface area contributed by atoms with Crippen LogP contribution >= 0.6 is 0 Å². The molecular formula is C17H28N2O3S. The van der Waals surface area contributed by atoms with Crippen LogP contribution in [0.15, 0.2) is 23.1 Å². The molecule has 0 aliphatic heterocycles. The third-order valence-electron chi connectivity index (χ3n) is 3.60. The molecule has 0 unspecified atom stereocenters. The molecule has 0 spiro atoms. The molecule has 0 radical (unpaired) electrons. The highest BCUT2D eigenvalue weighted by atomic mass is 32.2. The summed E-state index contributed by atoms with van der Waals surface area (Å²) in [4.78, 5) is 14.2. The molecule has 0 saturated carbocycles. The Balaban J connectivity index is 2.66. The largest absolute Gasteiger partial charge is 0.343 e. The average molecular weight is 340 g/mol. The molecule has 1 rings (SSSR count). The predicted octanol–water partition coefficient (Wildman–Crippen LogP) is 2.62. The van der Waals surface area contributed by atoms with Gasteiger partial charge in [-0.1, -0.05) is 26.0 Å². The molecule has 6 heteroatoms. The average Bonchev–Trinajstić information content (AvgIpc) is 2.49. The van der Waals surface area contributed by atoms with Crippen molar-refractivity contribution in [3.8, 4) is 0 Å². The molecule has 130 valence electrons. The van der Waals surface area contributed by atoms with Gasteiger partial charge in [-0.2, -0.15) is 0 Å². The maximum atomic E-state index is 12.4. The SMILES string of the molecule is CCCN(CCC)C(=O)CCNS(=O)(=O)c1cc(C)ccc1C. The summed E-state index contributed by atoms with van der Waals surface area (Å²) in [5.41, 5.74) is 1.59. The Labute approximate surface area is 140 Å². The molecule has 0 fully saturated rings. The van der Waals surface area contributed by atoms with Crippen molar-refractivity contribution >= 4 is 15.9 Å². The summed E-state index contributed by atoms with van der Waals surface area (Å²) >= 11 is 0. The van der Waals surface area contributed by atoms with Crippen molar-refractivity contribution in [2.24, 2.45) is 0 Å². The molecule has 0 saturated heterocycles. The Kier molecular flexibility index (Phi) is 7.72. The monoisotopic (exact) mass is 340 g/mol. The van der Waals surface area contributed by atoms with E-state index in [0.717, 1.165) is 31.5 Å². The van der Waals surface area contributed by atoms with Crippen LogP contribution < -0.4 is 4.72 Å². The van der Waals surface area contributed by atoms with Crippen molar-refractivity contribution in [3.63, 3.8) is 0 Å². The minimum absolute atomic E-state index is 0.00244. The van der Waals surface area contributed by atoms with E-state index < -0.39 is 10.0 Å². The molecule has 0 aliphatic rings. The van der Waals surface area contributed by atoms with Crippen molar-refractivity contribution in [1.29, 1.82) is 0 Å². The first kappa shape index (κ1) is 19.6. The van der Waals surface area contributed by atoms with E-state index in [2.05, 4.69) is 4.72 Å². The number of amides is 1. The fraction of sp³-hybridized carbons (Fsp3) is 0.588. The minimum atomic E-state index is -3.58. The van der Waals surface area contributed by atoms with Crippen molar-refractivity contribution in [2.75, 3.05) is 19.6 Å². The summed E-state index contributed by atoms with van der Waals surface area (Å²) in [7, 11) is -3.58. The first-order chi connectivity index (χ1) is 10.8. The number of benzene rings is 1. The second-order valence-electron chi connectivity index (χ2n) is 5.80. The quantitative estimate of drug-likeness (QED) is 0.751. The highest BCUT2D eigenvalue weighted by molar-refractivity contribution is 7.89. The van der Waals surface area contributed by atoms with Crippen LogP contribution in [0, 0.1) is 13.8 Å². The van der Waals surface area contributed by atoms with Gasteiger partial charge < -0.3 is 4.90 Å². The summed E-state index contributed by atoms with van der Waals surface area (Å²) in [5.74, 6) is -0.00244. The van der Waals surface area contributed by atoms with Gasteiger partial charge in [-0.15, -0.1) is 0 Å². The number of rotatable bonds is 9. The summed E-state index contributed by atoms with van der Waals surface area (Å²) in [6.45, 7) is 9.24. The standard InChI is InChI=1S/C17H28N2O3S/c1-5-11-19(12-6-2)17(20)9-10-18-23(21,22)16-13-14(3)7-8-15(16)4/h7-8,13,18H,5-6,9-12H2,1-4H3. The fourth-order valence-corrected chi connectivity index (χ4v) is 3.79. The fourth-order valence-electron chi connectivity index (χ4n) is 2.43. The van der Waals surface area contributed by atoms with E-state index in [-0.39, 0.29) is 23.8 Å². The van der Waals surface area contributed by atoms with Gasteiger partial charge in [0, 0.05) is 26.1 Å². The first-order valence-electron chi connectivity index (χ1n) is 8.16. The van der Waals surface area contributed by atoms with E-state index in [4.69, 9.17) is 0 Å². The van der Waals surface area contributed by atoms with Gasteiger partial charge in [0.05, 0.1) is 4.90 Å². The van der Waals surface area contributed by atoms with Gasteiger partial charge in [0.2, 0.25) is 15.9 Å². The summed E-state index contributed by atoms with van der Waals surface area (Å²) < 4.78 is 27.3. The minimum Gasteiger partial charge on any atom is -0.343 e. The van der Waals surface area contributed by atoms with E-state index >= 15 is 0 Å². The smallest absolute Gasteiger partial charge is 0.240 e. The molecule has 0 bridgehead atoms. The van der Waals surface area contributed by atoms with Crippen LogP contribution in [-0.2, 0) is 14.8 Å². The van der Waals surface area contributed by atoms with Gasteiger partial charge >= 0.3 is 0 Å². The van der Waals surface area contributed by atoms with Crippen LogP contribution in [0.5, 0.6) is 0 Å². The molecule has 0 atom stereocenters. The number of carbonyl (C=O) groups is 1. The van der Waals surface area contributed by atoms with Crippen LogP contribution in [0.25, 0.3) is 0 Å². The molecule has 1 amide bonds. The lowest BCUT2D eigenvalue weighted by Gasteiger charge is -2.21. The van der Waals surface area contributed by atoms with Gasteiger partial charge in [-0.05, 0) is 43.9 Å². The van der Waals surface area contributed by atoms with Gasteiger partial charge in [-0.3, -0.25) is 4.79 Å². The Hall–Kier alpha value is -1.40. The Morgan fingerprint density at radius 2 is 1.74 bits per heavy atom. The molecule has 1 aromatic rings. The molecule has 5 nitrogen and oxygen atoms in total. The molecule has 0 aromatic heterocycles. The molecule has 0 heterocycles. The zero-order chi connectivity index (χ0) is 17.5. The van der Waals surface area contributed by atoms with Gasteiger partial charge in [0.1, 0.15) is 0 Å². The molecule has 1 N–H and O–H groups in total. The summed E-state index contributed by atoms with van der Waals surface area (Å²) in [5, 5.41) is 0. The van der Waals surface area contributed by atoms with Gasteiger partial charge in [0.15, 0.2) is 0 Å². The highest BCUT2D eigenvalue weighted by Crippen LogP contribution is 2.16. The van der Waals surface area contributed by atoms with Gasteiger partial charge in [-0.25, -0.2) is 13.1 Å². The number of aryl methyl sites for hydroxylation is 2. The molecule has 0 aliphatic carbocycles. The van der Waals surface area contributed by atoms with Crippen molar-refractivity contribution in [1.82, 2.24) is 9.62 Å². The van der Waals surface area contributed by atoms with E-state index in [1.165, 1.54) is 0 Å². The zero-order valence-corrected chi connectivity index (χ0v) is 15.4. The lowest BCUT2D eigenvalue weighted by Crippen LogP contribution is -2.35.